The lowest BCUT2D eigenvalue weighted by Gasteiger charge is -2.34. The minimum absolute atomic E-state index is 0.353. The van der Waals surface area contributed by atoms with E-state index in [4.69, 9.17) is 16.3 Å². The number of anilines is 1. The number of halogens is 1. The summed E-state index contributed by atoms with van der Waals surface area (Å²) in [5.41, 5.74) is 1.64. The van der Waals surface area contributed by atoms with Crippen LogP contribution in [0, 0.1) is 17.2 Å². The van der Waals surface area contributed by atoms with Crippen LogP contribution in [-0.4, -0.2) is 25.8 Å². The van der Waals surface area contributed by atoms with Crippen LogP contribution in [0.2, 0.25) is 5.02 Å². The fourth-order valence-electron chi connectivity index (χ4n) is 2.47. The SMILES string of the molecule is CC(C)COC1CCN(c2ccc(Cl)cc2C#N)CC1. The van der Waals surface area contributed by atoms with E-state index < -0.39 is 0 Å². The zero-order valence-electron chi connectivity index (χ0n) is 12.1. The third-order valence-electron chi connectivity index (χ3n) is 3.53. The molecule has 4 heteroatoms. The molecule has 0 aliphatic carbocycles. The van der Waals surface area contributed by atoms with E-state index in [-0.39, 0.29) is 0 Å². The van der Waals surface area contributed by atoms with Crippen LogP contribution in [0.1, 0.15) is 32.3 Å². The highest BCUT2D eigenvalue weighted by Crippen LogP contribution is 2.27. The van der Waals surface area contributed by atoms with Gasteiger partial charge in [0.1, 0.15) is 6.07 Å². The maximum Gasteiger partial charge on any atom is 0.101 e. The Bertz CT molecular complexity index is 488. The number of benzene rings is 1. The first-order valence-corrected chi connectivity index (χ1v) is 7.54. The number of rotatable bonds is 4. The first kappa shape index (κ1) is 15.2. The average molecular weight is 293 g/mol. The van der Waals surface area contributed by atoms with Gasteiger partial charge in [0.15, 0.2) is 0 Å². The number of nitrogens with zero attached hydrogens (tertiary/aromatic N) is 2. The highest BCUT2D eigenvalue weighted by atomic mass is 35.5. The van der Waals surface area contributed by atoms with Crippen LogP contribution in [-0.2, 0) is 4.74 Å². The Balaban J connectivity index is 1.96. The van der Waals surface area contributed by atoms with Crippen molar-refractivity contribution >= 4 is 17.3 Å². The second-order valence-corrected chi connectivity index (χ2v) is 6.12. The van der Waals surface area contributed by atoms with Crippen LogP contribution in [0.5, 0.6) is 0 Å². The molecule has 1 aliphatic rings. The number of hydrogen-bond donors (Lipinski definition) is 0. The summed E-state index contributed by atoms with van der Waals surface area (Å²) in [6.07, 6.45) is 2.38. The largest absolute Gasteiger partial charge is 0.378 e. The summed E-state index contributed by atoms with van der Waals surface area (Å²) in [6.45, 7) is 7.03. The topological polar surface area (TPSA) is 36.3 Å². The van der Waals surface area contributed by atoms with E-state index in [1.54, 1.807) is 6.07 Å². The van der Waals surface area contributed by atoms with E-state index in [0.717, 1.165) is 38.2 Å². The van der Waals surface area contributed by atoms with E-state index in [9.17, 15) is 5.26 Å². The fraction of sp³-hybridized carbons (Fsp3) is 0.562. The van der Waals surface area contributed by atoms with Gasteiger partial charge in [0.05, 0.1) is 17.4 Å². The predicted octanol–water partition coefficient (Wildman–Crippen LogP) is 3.85. The third-order valence-corrected chi connectivity index (χ3v) is 3.76. The van der Waals surface area contributed by atoms with Gasteiger partial charge in [0.25, 0.3) is 0 Å². The van der Waals surface area contributed by atoms with Crippen LogP contribution >= 0.6 is 11.6 Å². The third kappa shape index (κ3) is 3.88. The van der Waals surface area contributed by atoms with Crippen molar-refractivity contribution in [1.29, 1.82) is 5.26 Å². The molecule has 0 unspecified atom stereocenters. The van der Waals surface area contributed by atoms with Crippen molar-refractivity contribution in [2.75, 3.05) is 24.6 Å². The molecular formula is C16H21ClN2O. The smallest absolute Gasteiger partial charge is 0.101 e. The van der Waals surface area contributed by atoms with Crippen LogP contribution in [0.15, 0.2) is 18.2 Å². The van der Waals surface area contributed by atoms with E-state index in [1.165, 1.54) is 0 Å². The van der Waals surface area contributed by atoms with Gasteiger partial charge in [-0.2, -0.15) is 5.26 Å². The number of ether oxygens (including phenoxy) is 1. The summed E-state index contributed by atoms with van der Waals surface area (Å²) in [5, 5.41) is 9.82. The molecule has 0 N–H and O–H groups in total. The molecule has 0 atom stereocenters. The average Bonchev–Trinajstić information content (AvgIpc) is 2.45. The van der Waals surface area contributed by atoms with Gasteiger partial charge in [-0.3, -0.25) is 0 Å². The Labute approximate surface area is 126 Å². The predicted molar refractivity (Wildman–Crippen MR) is 82.2 cm³/mol. The normalized spacial score (nSPS) is 16.4. The monoisotopic (exact) mass is 292 g/mol. The van der Waals surface area contributed by atoms with Gasteiger partial charge in [0.2, 0.25) is 0 Å². The second kappa shape index (κ2) is 6.97. The molecule has 0 spiro atoms. The van der Waals surface area contributed by atoms with Gasteiger partial charge in [-0.1, -0.05) is 25.4 Å². The molecule has 0 saturated carbocycles. The molecule has 108 valence electrons. The summed E-state index contributed by atoms with van der Waals surface area (Å²) in [5.74, 6) is 0.578. The van der Waals surface area contributed by atoms with Crippen molar-refractivity contribution in [3.8, 4) is 6.07 Å². The molecule has 1 aromatic rings. The lowest BCUT2D eigenvalue weighted by molar-refractivity contribution is 0.0215. The van der Waals surface area contributed by atoms with E-state index in [0.29, 0.717) is 22.6 Å². The maximum atomic E-state index is 9.21. The minimum atomic E-state index is 0.353. The second-order valence-electron chi connectivity index (χ2n) is 5.69. The molecule has 1 heterocycles. The highest BCUT2D eigenvalue weighted by Gasteiger charge is 2.21. The Morgan fingerprint density at radius 3 is 2.70 bits per heavy atom. The molecule has 1 fully saturated rings. The Morgan fingerprint density at radius 1 is 1.40 bits per heavy atom. The van der Waals surface area contributed by atoms with Crippen molar-refractivity contribution in [2.45, 2.75) is 32.8 Å². The molecule has 2 rings (SSSR count). The maximum absolute atomic E-state index is 9.21. The standard InChI is InChI=1S/C16H21ClN2O/c1-12(2)11-20-15-5-7-19(8-6-15)16-4-3-14(17)9-13(16)10-18/h3-4,9,12,15H,5-8,11H2,1-2H3. The van der Waals surface area contributed by atoms with Crippen molar-refractivity contribution < 1.29 is 4.74 Å². The van der Waals surface area contributed by atoms with Gasteiger partial charge in [-0.05, 0) is 37.0 Å². The summed E-state index contributed by atoms with van der Waals surface area (Å²) in [4.78, 5) is 2.25. The lowest BCUT2D eigenvalue weighted by Crippen LogP contribution is -2.37. The van der Waals surface area contributed by atoms with Crippen molar-refractivity contribution in [3.63, 3.8) is 0 Å². The molecule has 0 radical (unpaired) electrons. The quantitative estimate of drug-likeness (QED) is 0.845. The zero-order valence-corrected chi connectivity index (χ0v) is 12.9. The zero-order chi connectivity index (χ0) is 14.5. The molecule has 0 bridgehead atoms. The van der Waals surface area contributed by atoms with Crippen LogP contribution in [0.25, 0.3) is 0 Å². The Kier molecular flexibility index (Phi) is 5.28. The number of piperidine rings is 1. The summed E-state index contributed by atoms with van der Waals surface area (Å²) >= 11 is 5.94. The summed E-state index contributed by atoms with van der Waals surface area (Å²) in [7, 11) is 0. The number of nitriles is 1. The molecule has 1 aliphatic heterocycles. The van der Waals surface area contributed by atoms with Crippen molar-refractivity contribution in [1.82, 2.24) is 0 Å². The summed E-state index contributed by atoms with van der Waals surface area (Å²) < 4.78 is 5.89. The molecular weight excluding hydrogens is 272 g/mol. The molecule has 0 aromatic heterocycles. The summed E-state index contributed by atoms with van der Waals surface area (Å²) in [6, 6.07) is 7.75. The van der Waals surface area contributed by atoms with Crippen LogP contribution in [0.3, 0.4) is 0 Å². The van der Waals surface area contributed by atoms with E-state index >= 15 is 0 Å². The Hall–Kier alpha value is -1.24. The van der Waals surface area contributed by atoms with Crippen molar-refractivity contribution in [3.05, 3.63) is 28.8 Å². The molecule has 0 amide bonds. The molecule has 20 heavy (non-hydrogen) atoms. The van der Waals surface area contributed by atoms with E-state index in [2.05, 4.69) is 24.8 Å². The van der Waals surface area contributed by atoms with Gasteiger partial charge in [0, 0.05) is 24.7 Å². The highest BCUT2D eigenvalue weighted by molar-refractivity contribution is 6.30. The van der Waals surface area contributed by atoms with Gasteiger partial charge < -0.3 is 9.64 Å². The fourth-order valence-corrected chi connectivity index (χ4v) is 2.64. The van der Waals surface area contributed by atoms with E-state index in [1.807, 2.05) is 12.1 Å². The van der Waals surface area contributed by atoms with Gasteiger partial charge in [-0.25, -0.2) is 0 Å². The molecule has 3 nitrogen and oxygen atoms in total. The van der Waals surface area contributed by atoms with Crippen LogP contribution in [0.4, 0.5) is 5.69 Å². The van der Waals surface area contributed by atoms with Gasteiger partial charge in [-0.15, -0.1) is 0 Å². The number of hydrogen-bond acceptors (Lipinski definition) is 3. The lowest BCUT2D eigenvalue weighted by atomic mass is 10.0. The molecule has 1 aromatic carbocycles. The van der Waals surface area contributed by atoms with Crippen molar-refractivity contribution in [2.24, 2.45) is 5.92 Å². The first-order valence-electron chi connectivity index (χ1n) is 7.16. The Morgan fingerprint density at radius 2 is 2.10 bits per heavy atom. The van der Waals surface area contributed by atoms with Crippen LogP contribution < -0.4 is 4.90 Å². The van der Waals surface area contributed by atoms with Gasteiger partial charge >= 0.3 is 0 Å². The molecule has 1 saturated heterocycles. The minimum Gasteiger partial charge on any atom is -0.378 e. The first-order chi connectivity index (χ1) is 9.60.